The van der Waals surface area contributed by atoms with Crippen LogP contribution in [0.3, 0.4) is 0 Å². The second-order valence-electron chi connectivity index (χ2n) is 4.24. The summed E-state index contributed by atoms with van der Waals surface area (Å²) in [5.41, 5.74) is 8.28. The summed E-state index contributed by atoms with van der Waals surface area (Å²) in [6.45, 7) is 1.91. The first-order chi connectivity index (χ1) is 8.97. The second-order valence-corrected chi connectivity index (χ2v) is 7.02. The highest BCUT2D eigenvalue weighted by atomic mass is 79.9. The molecule has 2 N–H and O–H groups in total. The molecule has 0 spiro atoms. The van der Waals surface area contributed by atoms with E-state index in [0.29, 0.717) is 16.5 Å². The third-order valence-electron chi connectivity index (χ3n) is 2.81. The monoisotopic (exact) mass is 357 g/mol. The van der Waals surface area contributed by atoms with Crippen LogP contribution >= 0.6 is 27.5 Å². The van der Waals surface area contributed by atoms with E-state index in [-0.39, 0.29) is 0 Å². The van der Waals surface area contributed by atoms with E-state index in [2.05, 4.69) is 15.9 Å². The van der Waals surface area contributed by atoms with Gasteiger partial charge in [0.2, 0.25) is 0 Å². The van der Waals surface area contributed by atoms with Gasteiger partial charge in [0, 0.05) is 20.1 Å². The van der Waals surface area contributed by atoms with Gasteiger partial charge in [-0.3, -0.25) is 4.21 Å². The summed E-state index contributed by atoms with van der Waals surface area (Å²) >= 11 is 9.48. The van der Waals surface area contributed by atoms with Crippen LogP contribution in [0, 0.1) is 6.92 Å². The van der Waals surface area contributed by atoms with Crippen LogP contribution in [-0.2, 0) is 16.6 Å². The Labute approximate surface area is 128 Å². The molecule has 0 aliphatic carbocycles. The fourth-order valence-electron chi connectivity index (χ4n) is 1.65. The maximum absolute atomic E-state index is 12.3. The van der Waals surface area contributed by atoms with Gasteiger partial charge in [0.05, 0.1) is 16.6 Å². The van der Waals surface area contributed by atoms with Crippen molar-refractivity contribution < 1.29 is 4.21 Å². The summed E-state index contributed by atoms with van der Waals surface area (Å²) in [5, 5.41) is 0.620. The zero-order valence-corrected chi connectivity index (χ0v) is 13.5. The average molecular weight is 359 g/mol. The van der Waals surface area contributed by atoms with Gasteiger partial charge in [-0.15, -0.1) is 0 Å². The standard InChI is InChI=1S/C14H13BrClNOS/c1-9-6-12(4-5-14(9)17)19(18)8-10-2-3-11(15)7-13(10)16/h2-7H,8,17H2,1H3. The fraction of sp³-hybridized carbons (Fsp3) is 0.143. The summed E-state index contributed by atoms with van der Waals surface area (Å²) in [5.74, 6) is 0.398. The Balaban J connectivity index is 2.23. The molecule has 1 unspecified atom stereocenters. The van der Waals surface area contributed by atoms with Crippen molar-refractivity contribution in [3.63, 3.8) is 0 Å². The lowest BCUT2D eigenvalue weighted by molar-refractivity contribution is 0.682. The van der Waals surface area contributed by atoms with Gasteiger partial charge in [0.15, 0.2) is 0 Å². The van der Waals surface area contributed by atoms with E-state index in [1.54, 1.807) is 12.1 Å². The third kappa shape index (κ3) is 3.59. The molecule has 5 heteroatoms. The van der Waals surface area contributed by atoms with Gasteiger partial charge in [0.25, 0.3) is 0 Å². The van der Waals surface area contributed by atoms with Crippen molar-refractivity contribution in [2.75, 3.05) is 5.73 Å². The van der Waals surface area contributed by atoms with Crippen molar-refractivity contribution >= 4 is 44.0 Å². The predicted octanol–water partition coefficient (Wildman–Crippen LogP) is 4.30. The lowest BCUT2D eigenvalue weighted by Gasteiger charge is -2.07. The molecule has 100 valence electrons. The molecule has 1 atom stereocenters. The average Bonchev–Trinajstić information content (AvgIpc) is 2.36. The van der Waals surface area contributed by atoms with E-state index < -0.39 is 10.8 Å². The molecule has 0 fully saturated rings. The first-order valence-corrected chi connectivity index (χ1v) is 8.15. The smallest absolute Gasteiger partial charge is 0.0574 e. The van der Waals surface area contributed by atoms with Crippen molar-refractivity contribution in [3.8, 4) is 0 Å². The van der Waals surface area contributed by atoms with Crippen LogP contribution in [-0.4, -0.2) is 4.21 Å². The van der Waals surface area contributed by atoms with Crippen LogP contribution in [0.2, 0.25) is 5.02 Å². The van der Waals surface area contributed by atoms with E-state index >= 15 is 0 Å². The van der Waals surface area contributed by atoms with Gasteiger partial charge in [0.1, 0.15) is 0 Å². The highest BCUT2D eigenvalue weighted by molar-refractivity contribution is 9.10. The van der Waals surface area contributed by atoms with Gasteiger partial charge >= 0.3 is 0 Å². The lowest BCUT2D eigenvalue weighted by atomic mass is 10.2. The SMILES string of the molecule is Cc1cc(S(=O)Cc2ccc(Br)cc2Cl)ccc1N. The van der Waals surface area contributed by atoms with Crippen LogP contribution < -0.4 is 5.73 Å². The van der Waals surface area contributed by atoms with Crippen molar-refractivity contribution in [3.05, 3.63) is 57.0 Å². The van der Waals surface area contributed by atoms with Crippen LogP contribution in [0.25, 0.3) is 0 Å². The maximum Gasteiger partial charge on any atom is 0.0574 e. The van der Waals surface area contributed by atoms with E-state index in [0.717, 1.165) is 20.5 Å². The maximum atomic E-state index is 12.3. The van der Waals surface area contributed by atoms with E-state index in [4.69, 9.17) is 17.3 Å². The molecule has 2 aromatic carbocycles. The molecule has 0 aromatic heterocycles. The van der Waals surface area contributed by atoms with Crippen molar-refractivity contribution in [1.29, 1.82) is 0 Å². The topological polar surface area (TPSA) is 43.1 Å². The minimum Gasteiger partial charge on any atom is -0.399 e. The fourth-order valence-corrected chi connectivity index (χ4v) is 3.70. The minimum atomic E-state index is -1.13. The Kier molecular flexibility index (Phi) is 4.66. The molecule has 0 heterocycles. The van der Waals surface area contributed by atoms with Crippen molar-refractivity contribution in [2.45, 2.75) is 17.6 Å². The number of rotatable bonds is 3. The summed E-state index contributed by atoms with van der Waals surface area (Å²) in [6.07, 6.45) is 0. The van der Waals surface area contributed by atoms with E-state index in [1.807, 2.05) is 31.2 Å². The Morgan fingerprint density at radius 3 is 2.63 bits per heavy atom. The van der Waals surface area contributed by atoms with E-state index in [1.165, 1.54) is 0 Å². The van der Waals surface area contributed by atoms with Gasteiger partial charge in [-0.2, -0.15) is 0 Å². The van der Waals surface area contributed by atoms with Crippen molar-refractivity contribution in [2.24, 2.45) is 0 Å². The van der Waals surface area contributed by atoms with Gasteiger partial charge in [-0.1, -0.05) is 33.6 Å². The molecular weight excluding hydrogens is 346 g/mol. The highest BCUT2D eigenvalue weighted by Gasteiger charge is 2.09. The molecule has 0 radical (unpaired) electrons. The second kappa shape index (κ2) is 6.07. The van der Waals surface area contributed by atoms with Crippen LogP contribution in [0.1, 0.15) is 11.1 Å². The molecule has 0 aliphatic rings. The first kappa shape index (κ1) is 14.6. The van der Waals surface area contributed by atoms with Gasteiger partial charge in [-0.25, -0.2) is 0 Å². The Hall–Kier alpha value is -0.840. The third-order valence-corrected chi connectivity index (χ3v) is 5.00. The van der Waals surface area contributed by atoms with Gasteiger partial charge in [-0.05, 0) is 48.4 Å². The quantitative estimate of drug-likeness (QED) is 0.831. The Morgan fingerprint density at radius 2 is 2.00 bits per heavy atom. The first-order valence-electron chi connectivity index (χ1n) is 5.66. The highest BCUT2D eigenvalue weighted by Crippen LogP contribution is 2.24. The van der Waals surface area contributed by atoms with Crippen LogP contribution in [0.4, 0.5) is 5.69 Å². The van der Waals surface area contributed by atoms with Crippen molar-refractivity contribution in [1.82, 2.24) is 0 Å². The molecule has 0 aliphatic heterocycles. The van der Waals surface area contributed by atoms with E-state index in [9.17, 15) is 4.21 Å². The lowest BCUT2D eigenvalue weighted by Crippen LogP contribution is -1.99. The Morgan fingerprint density at radius 1 is 1.26 bits per heavy atom. The predicted molar refractivity (Wildman–Crippen MR) is 84.9 cm³/mol. The summed E-state index contributed by atoms with van der Waals surface area (Å²) < 4.78 is 13.2. The zero-order valence-electron chi connectivity index (χ0n) is 10.3. The molecule has 19 heavy (non-hydrogen) atoms. The number of nitrogens with two attached hydrogens (primary N) is 1. The molecule has 0 amide bonds. The molecule has 2 aromatic rings. The van der Waals surface area contributed by atoms with Crippen LogP contribution in [0.5, 0.6) is 0 Å². The van der Waals surface area contributed by atoms with Gasteiger partial charge < -0.3 is 5.73 Å². The normalized spacial score (nSPS) is 12.4. The summed E-state index contributed by atoms with van der Waals surface area (Å²) in [4.78, 5) is 0.769. The largest absolute Gasteiger partial charge is 0.399 e. The molecule has 0 saturated carbocycles. The molecule has 2 rings (SSSR count). The number of nitrogen functional groups attached to an aromatic ring is 1. The number of aryl methyl sites for hydroxylation is 1. The minimum absolute atomic E-state index is 0.398. The molecule has 0 saturated heterocycles. The number of halogens is 2. The number of anilines is 1. The Bertz CT molecular complexity index is 645. The van der Waals surface area contributed by atoms with Crippen LogP contribution in [0.15, 0.2) is 45.8 Å². The number of benzene rings is 2. The number of hydrogen-bond donors (Lipinski definition) is 1. The summed E-state index contributed by atoms with van der Waals surface area (Å²) in [7, 11) is -1.13. The molecule has 2 nitrogen and oxygen atoms in total. The zero-order chi connectivity index (χ0) is 14.0. The number of hydrogen-bond acceptors (Lipinski definition) is 2. The molecule has 0 bridgehead atoms. The summed E-state index contributed by atoms with van der Waals surface area (Å²) in [6, 6.07) is 11.0. The molecular formula is C14H13BrClNOS.